The molecule has 1 rings (SSSR count). The van der Waals surface area contributed by atoms with E-state index in [-0.39, 0.29) is 12.3 Å². The minimum absolute atomic E-state index is 0.192. The number of carbonyl (C=O) groups excluding carboxylic acids is 2. The normalized spacial score (nSPS) is 10.9. The van der Waals surface area contributed by atoms with E-state index in [0.717, 1.165) is 5.56 Å². The third-order valence-corrected chi connectivity index (χ3v) is 2.68. The number of methoxy groups -OCH3 is 1. The van der Waals surface area contributed by atoms with Crippen molar-refractivity contribution < 1.29 is 14.3 Å². The predicted molar refractivity (Wildman–Crippen MR) is 69.4 cm³/mol. The zero-order chi connectivity index (χ0) is 13.8. The van der Waals surface area contributed by atoms with Gasteiger partial charge < -0.3 is 10.1 Å². The Morgan fingerprint density at radius 2 is 1.83 bits per heavy atom. The quantitative estimate of drug-likeness (QED) is 0.850. The number of esters is 1. The van der Waals surface area contributed by atoms with Crippen LogP contribution in [0.3, 0.4) is 0 Å². The number of benzene rings is 1. The molecule has 4 nitrogen and oxygen atoms in total. The molecule has 0 aliphatic carbocycles. The van der Waals surface area contributed by atoms with Crippen LogP contribution in [0.2, 0.25) is 5.02 Å². The minimum atomic E-state index is -1.03. The minimum Gasteiger partial charge on any atom is -0.467 e. The maximum Gasteiger partial charge on any atom is 0.330 e. The Balaban J connectivity index is 2.62. The standard InChI is InChI=1S/C13H16ClNO3/c1-13(2,12(17)18-3)15-11(16)8-9-4-6-10(14)7-5-9/h4-7H,8H2,1-3H3,(H,15,16). The number of nitrogens with one attached hydrogen (secondary N) is 1. The molecule has 1 aromatic rings. The van der Waals surface area contributed by atoms with Crippen molar-refractivity contribution in [1.29, 1.82) is 0 Å². The molecule has 0 radical (unpaired) electrons. The fourth-order valence-electron chi connectivity index (χ4n) is 1.49. The molecular weight excluding hydrogens is 254 g/mol. The Labute approximate surface area is 111 Å². The van der Waals surface area contributed by atoms with Gasteiger partial charge in [-0.1, -0.05) is 23.7 Å². The fraction of sp³-hybridized carbons (Fsp3) is 0.385. The zero-order valence-electron chi connectivity index (χ0n) is 10.6. The summed E-state index contributed by atoms with van der Waals surface area (Å²) in [5.74, 6) is -0.723. The summed E-state index contributed by atoms with van der Waals surface area (Å²) in [4.78, 5) is 23.2. The molecule has 0 aliphatic heterocycles. The van der Waals surface area contributed by atoms with E-state index in [9.17, 15) is 9.59 Å². The zero-order valence-corrected chi connectivity index (χ0v) is 11.4. The first-order valence-corrected chi connectivity index (χ1v) is 5.87. The number of hydrogen-bond acceptors (Lipinski definition) is 3. The van der Waals surface area contributed by atoms with Crippen molar-refractivity contribution in [3.05, 3.63) is 34.9 Å². The number of rotatable bonds is 4. The van der Waals surface area contributed by atoms with E-state index >= 15 is 0 Å². The Bertz CT molecular complexity index is 440. The van der Waals surface area contributed by atoms with Crippen molar-refractivity contribution in [3.63, 3.8) is 0 Å². The van der Waals surface area contributed by atoms with Gasteiger partial charge in [-0.15, -0.1) is 0 Å². The lowest BCUT2D eigenvalue weighted by molar-refractivity contribution is -0.149. The van der Waals surface area contributed by atoms with Crippen LogP contribution in [-0.2, 0) is 20.7 Å². The van der Waals surface area contributed by atoms with Crippen LogP contribution in [0, 0.1) is 0 Å². The van der Waals surface area contributed by atoms with Gasteiger partial charge in [0.1, 0.15) is 5.54 Å². The molecule has 0 fully saturated rings. The average molecular weight is 270 g/mol. The molecule has 0 saturated carbocycles. The second-order valence-corrected chi connectivity index (χ2v) is 4.90. The lowest BCUT2D eigenvalue weighted by Crippen LogP contribution is -2.50. The highest BCUT2D eigenvalue weighted by molar-refractivity contribution is 6.30. The van der Waals surface area contributed by atoms with Gasteiger partial charge in [-0.3, -0.25) is 4.79 Å². The summed E-state index contributed by atoms with van der Waals surface area (Å²) in [6, 6.07) is 6.98. The number of carbonyl (C=O) groups is 2. The SMILES string of the molecule is COC(=O)C(C)(C)NC(=O)Cc1ccc(Cl)cc1. The number of hydrogen-bond donors (Lipinski definition) is 1. The maximum absolute atomic E-state index is 11.8. The molecule has 18 heavy (non-hydrogen) atoms. The van der Waals surface area contributed by atoms with Crippen LogP contribution in [0.1, 0.15) is 19.4 Å². The van der Waals surface area contributed by atoms with Gasteiger partial charge in [0.25, 0.3) is 0 Å². The van der Waals surface area contributed by atoms with Gasteiger partial charge in [0.15, 0.2) is 0 Å². The Morgan fingerprint density at radius 3 is 2.33 bits per heavy atom. The van der Waals surface area contributed by atoms with Gasteiger partial charge in [-0.25, -0.2) is 4.79 Å². The van der Waals surface area contributed by atoms with Gasteiger partial charge >= 0.3 is 5.97 Å². The molecule has 0 aromatic heterocycles. The molecule has 98 valence electrons. The summed E-state index contributed by atoms with van der Waals surface area (Å²) < 4.78 is 4.61. The highest BCUT2D eigenvalue weighted by Crippen LogP contribution is 2.11. The largest absolute Gasteiger partial charge is 0.467 e. The second-order valence-electron chi connectivity index (χ2n) is 4.47. The highest BCUT2D eigenvalue weighted by atomic mass is 35.5. The smallest absolute Gasteiger partial charge is 0.330 e. The monoisotopic (exact) mass is 269 g/mol. The number of amides is 1. The van der Waals surface area contributed by atoms with Crippen LogP contribution in [0.4, 0.5) is 0 Å². The Hall–Kier alpha value is -1.55. The average Bonchev–Trinajstić information content (AvgIpc) is 2.30. The van der Waals surface area contributed by atoms with Gasteiger partial charge in [0, 0.05) is 5.02 Å². The van der Waals surface area contributed by atoms with Gasteiger partial charge in [0.2, 0.25) is 5.91 Å². The Kier molecular flexibility index (Phi) is 4.73. The maximum atomic E-state index is 11.8. The molecule has 1 N–H and O–H groups in total. The van der Waals surface area contributed by atoms with E-state index < -0.39 is 11.5 Å². The van der Waals surface area contributed by atoms with Crippen LogP contribution >= 0.6 is 11.6 Å². The highest BCUT2D eigenvalue weighted by Gasteiger charge is 2.30. The van der Waals surface area contributed by atoms with Crippen molar-refractivity contribution in [3.8, 4) is 0 Å². The van der Waals surface area contributed by atoms with Gasteiger partial charge in [0.05, 0.1) is 13.5 Å². The molecule has 0 unspecified atom stereocenters. The summed E-state index contributed by atoms with van der Waals surface area (Å²) in [6.07, 6.45) is 0.192. The van der Waals surface area contributed by atoms with Crippen LogP contribution < -0.4 is 5.32 Å². The van der Waals surface area contributed by atoms with Crippen LogP contribution in [-0.4, -0.2) is 24.5 Å². The van der Waals surface area contributed by atoms with E-state index in [4.69, 9.17) is 11.6 Å². The molecule has 5 heteroatoms. The number of ether oxygens (including phenoxy) is 1. The topological polar surface area (TPSA) is 55.4 Å². The molecular formula is C13H16ClNO3. The predicted octanol–water partition coefficient (Wildman–Crippen LogP) is 1.95. The van der Waals surface area contributed by atoms with Gasteiger partial charge in [-0.2, -0.15) is 0 Å². The summed E-state index contributed by atoms with van der Waals surface area (Å²) in [6.45, 7) is 3.19. The lowest BCUT2D eigenvalue weighted by Gasteiger charge is -2.23. The summed E-state index contributed by atoms with van der Waals surface area (Å²) in [7, 11) is 1.29. The van der Waals surface area contributed by atoms with Crippen LogP contribution in [0.25, 0.3) is 0 Å². The van der Waals surface area contributed by atoms with E-state index in [1.165, 1.54) is 7.11 Å². The fourth-order valence-corrected chi connectivity index (χ4v) is 1.61. The Morgan fingerprint density at radius 1 is 1.28 bits per heavy atom. The van der Waals surface area contributed by atoms with Crippen LogP contribution in [0.5, 0.6) is 0 Å². The second kappa shape index (κ2) is 5.87. The van der Waals surface area contributed by atoms with Crippen molar-refractivity contribution in [2.45, 2.75) is 25.8 Å². The molecule has 0 heterocycles. The summed E-state index contributed by atoms with van der Waals surface area (Å²) in [5, 5.41) is 3.24. The van der Waals surface area contributed by atoms with Crippen molar-refractivity contribution in [2.75, 3.05) is 7.11 Å². The van der Waals surface area contributed by atoms with E-state index in [1.54, 1.807) is 38.1 Å². The van der Waals surface area contributed by atoms with Crippen molar-refractivity contribution >= 4 is 23.5 Å². The molecule has 0 aliphatic rings. The molecule has 0 bridgehead atoms. The first kappa shape index (κ1) is 14.5. The van der Waals surface area contributed by atoms with E-state index in [2.05, 4.69) is 10.1 Å². The van der Waals surface area contributed by atoms with E-state index in [1.807, 2.05) is 0 Å². The van der Waals surface area contributed by atoms with Crippen molar-refractivity contribution in [1.82, 2.24) is 5.32 Å². The first-order chi connectivity index (χ1) is 8.35. The molecule has 0 saturated heterocycles. The molecule has 1 aromatic carbocycles. The molecule has 0 spiro atoms. The van der Waals surface area contributed by atoms with E-state index in [0.29, 0.717) is 5.02 Å². The molecule has 1 amide bonds. The van der Waals surface area contributed by atoms with Crippen LogP contribution in [0.15, 0.2) is 24.3 Å². The third kappa shape index (κ3) is 4.04. The lowest BCUT2D eigenvalue weighted by atomic mass is 10.0. The first-order valence-electron chi connectivity index (χ1n) is 5.49. The third-order valence-electron chi connectivity index (χ3n) is 2.43. The summed E-state index contributed by atoms with van der Waals surface area (Å²) in [5.41, 5.74) is -0.198. The molecule has 0 atom stereocenters. The van der Waals surface area contributed by atoms with Gasteiger partial charge in [-0.05, 0) is 31.5 Å². The number of halogens is 1. The van der Waals surface area contributed by atoms with Crippen molar-refractivity contribution in [2.24, 2.45) is 0 Å². The summed E-state index contributed by atoms with van der Waals surface area (Å²) >= 11 is 5.75.